The fraction of sp³-hybridized carbons (Fsp3) is 0.0833. The van der Waals surface area contributed by atoms with Crippen LogP contribution in [0.5, 0.6) is 0 Å². The minimum atomic E-state index is -1.21. The number of rotatable bonds is 4. The van der Waals surface area contributed by atoms with Crippen molar-refractivity contribution in [3.8, 4) is 0 Å². The first-order valence-electron chi connectivity index (χ1n) is 5.10. The van der Waals surface area contributed by atoms with E-state index in [0.29, 0.717) is 11.6 Å². The Morgan fingerprint density at radius 3 is 2.72 bits per heavy atom. The zero-order valence-corrected chi connectivity index (χ0v) is 9.75. The summed E-state index contributed by atoms with van der Waals surface area (Å²) in [5, 5.41) is 12.0. The number of carbonyl (C=O) groups is 2. The van der Waals surface area contributed by atoms with Crippen molar-refractivity contribution in [1.82, 2.24) is 5.43 Å². The van der Waals surface area contributed by atoms with Crippen molar-refractivity contribution in [2.45, 2.75) is 6.92 Å². The van der Waals surface area contributed by atoms with Crippen LogP contribution in [0, 0.1) is 6.92 Å². The highest BCUT2D eigenvalue weighted by Gasteiger charge is 2.00. The molecule has 1 aromatic rings. The number of amidine groups is 1. The van der Waals surface area contributed by atoms with Crippen LogP contribution in [0.25, 0.3) is 0 Å². The summed E-state index contributed by atoms with van der Waals surface area (Å²) in [6, 6.07) is 7.30. The maximum absolute atomic E-state index is 11.1. The van der Waals surface area contributed by atoms with Gasteiger partial charge in [0.25, 0.3) is 5.91 Å². The molecule has 6 nitrogen and oxygen atoms in total. The quantitative estimate of drug-likeness (QED) is 0.309. The highest BCUT2D eigenvalue weighted by atomic mass is 16.4. The molecule has 0 atom stereocenters. The molecule has 0 fully saturated rings. The van der Waals surface area contributed by atoms with E-state index < -0.39 is 11.9 Å². The third-order valence-electron chi connectivity index (χ3n) is 1.98. The van der Waals surface area contributed by atoms with Gasteiger partial charge in [-0.1, -0.05) is 23.8 Å². The Bertz CT molecular complexity index is 521. The van der Waals surface area contributed by atoms with Crippen molar-refractivity contribution in [2.75, 3.05) is 0 Å². The highest BCUT2D eigenvalue weighted by Crippen LogP contribution is 2.02. The van der Waals surface area contributed by atoms with Crippen LogP contribution < -0.4 is 11.2 Å². The van der Waals surface area contributed by atoms with Crippen LogP contribution in [-0.2, 0) is 9.59 Å². The third-order valence-corrected chi connectivity index (χ3v) is 1.98. The molecule has 0 unspecified atom stereocenters. The minimum Gasteiger partial charge on any atom is -0.478 e. The highest BCUT2D eigenvalue weighted by molar-refractivity contribution is 5.99. The van der Waals surface area contributed by atoms with Gasteiger partial charge in [0.05, 0.1) is 0 Å². The number of nitrogens with one attached hydrogen (secondary N) is 1. The molecular formula is C12H13N3O3. The summed E-state index contributed by atoms with van der Waals surface area (Å²) in [4.78, 5) is 21.3. The zero-order valence-electron chi connectivity index (χ0n) is 9.75. The molecule has 0 aliphatic heterocycles. The van der Waals surface area contributed by atoms with Crippen molar-refractivity contribution in [2.24, 2.45) is 10.8 Å². The van der Waals surface area contributed by atoms with Crippen molar-refractivity contribution in [3.05, 3.63) is 47.5 Å². The van der Waals surface area contributed by atoms with Crippen molar-refractivity contribution in [1.29, 1.82) is 0 Å². The summed E-state index contributed by atoms with van der Waals surface area (Å²) < 4.78 is 0. The average molecular weight is 247 g/mol. The molecule has 0 heterocycles. The molecule has 1 rings (SSSR count). The van der Waals surface area contributed by atoms with Gasteiger partial charge in [-0.15, -0.1) is 0 Å². The average Bonchev–Trinajstić information content (AvgIpc) is 2.33. The summed E-state index contributed by atoms with van der Waals surface area (Å²) in [6.07, 6.45) is 1.57. The molecule has 0 aromatic heterocycles. The summed E-state index contributed by atoms with van der Waals surface area (Å²) in [6.45, 7) is 1.91. The molecule has 4 N–H and O–H groups in total. The zero-order chi connectivity index (χ0) is 13.5. The molecule has 0 radical (unpaired) electrons. The van der Waals surface area contributed by atoms with Gasteiger partial charge in [0, 0.05) is 17.7 Å². The van der Waals surface area contributed by atoms with Gasteiger partial charge in [-0.05, 0) is 13.0 Å². The minimum absolute atomic E-state index is 0.149. The Kier molecular flexibility index (Phi) is 4.62. The summed E-state index contributed by atoms with van der Waals surface area (Å²) in [5.41, 5.74) is 9.49. The second-order valence-electron chi connectivity index (χ2n) is 3.51. The maximum atomic E-state index is 11.1. The van der Waals surface area contributed by atoms with Crippen LogP contribution in [0.15, 0.2) is 41.5 Å². The van der Waals surface area contributed by atoms with Gasteiger partial charge in [-0.2, -0.15) is 5.10 Å². The summed E-state index contributed by atoms with van der Waals surface area (Å²) >= 11 is 0. The van der Waals surface area contributed by atoms with Gasteiger partial charge < -0.3 is 10.8 Å². The number of hydrogen-bond acceptors (Lipinski definition) is 3. The van der Waals surface area contributed by atoms with Crippen LogP contribution in [-0.4, -0.2) is 22.8 Å². The number of aryl methyl sites for hydroxylation is 1. The summed E-state index contributed by atoms with van der Waals surface area (Å²) in [5.74, 6) is -1.72. The molecular weight excluding hydrogens is 234 g/mol. The number of carbonyl (C=O) groups excluding carboxylic acids is 1. The lowest BCUT2D eigenvalue weighted by molar-refractivity contribution is -0.131. The molecule has 94 valence electrons. The topological polar surface area (TPSA) is 105 Å². The van der Waals surface area contributed by atoms with E-state index in [1.807, 2.05) is 25.1 Å². The van der Waals surface area contributed by atoms with Crippen LogP contribution in [0.4, 0.5) is 0 Å². The van der Waals surface area contributed by atoms with Crippen LogP contribution in [0.1, 0.15) is 11.1 Å². The number of benzene rings is 1. The number of nitrogens with zero attached hydrogens (tertiary/aromatic N) is 1. The van der Waals surface area contributed by atoms with Crippen LogP contribution in [0.2, 0.25) is 0 Å². The van der Waals surface area contributed by atoms with E-state index in [1.165, 1.54) is 0 Å². The molecule has 0 spiro atoms. The Hall–Kier alpha value is -2.63. The molecule has 1 amide bonds. The molecule has 0 bridgehead atoms. The van der Waals surface area contributed by atoms with Crippen molar-refractivity contribution < 1.29 is 14.7 Å². The molecule has 1 aromatic carbocycles. The van der Waals surface area contributed by atoms with Gasteiger partial charge in [0.1, 0.15) is 0 Å². The molecule has 0 saturated carbocycles. The maximum Gasteiger partial charge on any atom is 0.328 e. The fourth-order valence-corrected chi connectivity index (χ4v) is 1.17. The number of carboxylic acids is 1. The Labute approximate surface area is 104 Å². The second-order valence-corrected chi connectivity index (χ2v) is 3.51. The molecule has 18 heavy (non-hydrogen) atoms. The molecule has 0 saturated heterocycles. The SMILES string of the molecule is Cc1cccc(C(N)=NNC(=O)/C=C\C(=O)O)c1. The molecule has 6 heteroatoms. The number of hydrazone groups is 1. The number of nitrogens with two attached hydrogens (primary N) is 1. The van der Waals surface area contributed by atoms with Gasteiger partial charge in [0.15, 0.2) is 5.84 Å². The monoisotopic (exact) mass is 247 g/mol. The van der Waals surface area contributed by atoms with Crippen molar-refractivity contribution >= 4 is 17.7 Å². The Balaban J connectivity index is 2.68. The number of amides is 1. The Morgan fingerprint density at radius 1 is 1.39 bits per heavy atom. The predicted molar refractivity (Wildman–Crippen MR) is 66.8 cm³/mol. The number of aliphatic carboxylic acids is 1. The molecule has 0 aliphatic carbocycles. The predicted octanol–water partition coefficient (Wildman–Crippen LogP) is 0.372. The number of carboxylic acid groups (broad SMARTS) is 1. The number of hydrogen-bond donors (Lipinski definition) is 3. The van der Waals surface area contributed by atoms with E-state index in [4.69, 9.17) is 10.8 Å². The standard InChI is InChI=1S/C12H13N3O3/c1-8-3-2-4-9(7-8)12(13)15-14-10(16)5-6-11(17)18/h2-7H,1H3,(H2,13,15)(H,14,16)(H,17,18)/b6-5-. The first kappa shape index (κ1) is 13.4. The van der Waals surface area contributed by atoms with Crippen LogP contribution in [0.3, 0.4) is 0 Å². The van der Waals surface area contributed by atoms with E-state index >= 15 is 0 Å². The Morgan fingerprint density at radius 2 is 2.11 bits per heavy atom. The van der Waals surface area contributed by atoms with Gasteiger partial charge in [-0.3, -0.25) is 4.79 Å². The van der Waals surface area contributed by atoms with Crippen molar-refractivity contribution in [3.63, 3.8) is 0 Å². The lowest BCUT2D eigenvalue weighted by atomic mass is 10.1. The van der Waals surface area contributed by atoms with Gasteiger partial charge in [-0.25, -0.2) is 10.2 Å². The van der Waals surface area contributed by atoms with E-state index in [-0.39, 0.29) is 5.84 Å². The van der Waals surface area contributed by atoms with Gasteiger partial charge >= 0.3 is 5.97 Å². The lowest BCUT2D eigenvalue weighted by Gasteiger charge is -2.01. The first-order chi connectivity index (χ1) is 8.49. The normalized spacial score (nSPS) is 11.5. The summed E-state index contributed by atoms with van der Waals surface area (Å²) in [7, 11) is 0. The second kappa shape index (κ2) is 6.19. The van der Waals surface area contributed by atoms with E-state index in [1.54, 1.807) is 6.07 Å². The fourth-order valence-electron chi connectivity index (χ4n) is 1.17. The van der Waals surface area contributed by atoms with E-state index in [9.17, 15) is 9.59 Å². The van der Waals surface area contributed by atoms with E-state index in [0.717, 1.165) is 11.6 Å². The van der Waals surface area contributed by atoms with Gasteiger partial charge in [0.2, 0.25) is 0 Å². The largest absolute Gasteiger partial charge is 0.478 e. The van der Waals surface area contributed by atoms with Crippen LogP contribution >= 0.6 is 0 Å². The van der Waals surface area contributed by atoms with E-state index in [2.05, 4.69) is 10.5 Å². The third kappa shape index (κ3) is 4.48. The lowest BCUT2D eigenvalue weighted by Crippen LogP contribution is -2.22. The smallest absolute Gasteiger partial charge is 0.328 e. The molecule has 0 aliphatic rings. The first-order valence-corrected chi connectivity index (χ1v) is 5.10.